The largest absolute Gasteiger partial charge is 0.494 e. The molecule has 0 aliphatic carbocycles. The molecule has 6 heteroatoms. The van der Waals surface area contributed by atoms with Crippen LogP contribution in [0.3, 0.4) is 0 Å². The summed E-state index contributed by atoms with van der Waals surface area (Å²) in [6, 6.07) is 15.1. The van der Waals surface area contributed by atoms with Gasteiger partial charge in [-0.25, -0.2) is 4.98 Å². The molecule has 0 spiro atoms. The summed E-state index contributed by atoms with van der Waals surface area (Å²) in [6.07, 6.45) is 0. The number of para-hydroxylation sites is 2. The van der Waals surface area contributed by atoms with Crippen LogP contribution < -0.4 is 10.1 Å². The number of anilines is 1. The number of benzene rings is 2. The fraction of sp³-hybridized carbons (Fsp3) is 0.105. The van der Waals surface area contributed by atoms with Crippen LogP contribution in [0.4, 0.5) is 5.13 Å². The molecule has 5 nitrogen and oxygen atoms in total. The maximum Gasteiger partial charge on any atom is 0.258 e. The molecule has 0 aliphatic rings. The van der Waals surface area contributed by atoms with Gasteiger partial charge in [-0.2, -0.15) is 0 Å². The molecule has 2 aromatic heterocycles. The highest BCUT2D eigenvalue weighted by Gasteiger charge is 2.15. The van der Waals surface area contributed by atoms with E-state index < -0.39 is 0 Å². The average Bonchev–Trinajstić information content (AvgIpc) is 3.03. The molecule has 2 heterocycles. The van der Waals surface area contributed by atoms with Gasteiger partial charge in [0, 0.05) is 11.1 Å². The van der Waals surface area contributed by atoms with Crippen molar-refractivity contribution >= 4 is 43.5 Å². The van der Waals surface area contributed by atoms with Gasteiger partial charge in [0.2, 0.25) is 0 Å². The van der Waals surface area contributed by atoms with Crippen LogP contribution >= 0.6 is 11.3 Å². The Morgan fingerprint density at radius 2 is 1.96 bits per heavy atom. The highest BCUT2D eigenvalue weighted by molar-refractivity contribution is 7.22. The van der Waals surface area contributed by atoms with Gasteiger partial charge in [-0.3, -0.25) is 15.1 Å². The minimum atomic E-state index is -0.195. The van der Waals surface area contributed by atoms with Gasteiger partial charge in [0.15, 0.2) is 5.13 Å². The number of pyridine rings is 1. The van der Waals surface area contributed by atoms with E-state index in [9.17, 15) is 4.79 Å². The molecule has 1 N–H and O–H groups in total. The lowest BCUT2D eigenvalue weighted by Crippen LogP contribution is -2.13. The first kappa shape index (κ1) is 15.5. The van der Waals surface area contributed by atoms with Crippen molar-refractivity contribution in [1.29, 1.82) is 0 Å². The predicted octanol–water partition coefficient (Wildman–Crippen LogP) is 4.41. The zero-order chi connectivity index (χ0) is 17.4. The fourth-order valence-electron chi connectivity index (χ4n) is 2.80. The third-order valence-corrected chi connectivity index (χ3v) is 4.85. The van der Waals surface area contributed by atoms with E-state index in [1.807, 2.05) is 49.4 Å². The minimum absolute atomic E-state index is 0.195. The van der Waals surface area contributed by atoms with E-state index in [1.165, 1.54) is 11.3 Å². The van der Waals surface area contributed by atoms with Gasteiger partial charge in [0.05, 0.1) is 22.9 Å². The number of carbonyl (C=O) groups excluding carboxylic acids is 1. The van der Waals surface area contributed by atoms with E-state index in [4.69, 9.17) is 4.74 Å². The average molecular weight is 349 g/mol. The number of rotatable bonds is 3. The summed E-state index contributed by atoms with van der Waals surface area (Å²) in [7, 11) is 1.61. The van der Waals surface area contributed by atoms with Crippen molar-refractivity contribution < 1.29 is 9.53 Å². The van der Waals surface area contributed by atoms with Gasteiger partial charge in [0.1, 0.15) is 11.3 Å². The van der Waals surface area contributed by atoms with Crippen LogP contribution in [0.15, 0.2) is 48.5 Å². The van der Waals surface area contributed by atoms with E-state index in [-0.39, 0.29) is 5.91 Å². The molecule has 25 heavy (non-hydrogen) atoms. The highest BCUT2D eigenvalue weighted by atomic mass is 32.1. The van der Waals surface area contributed by atoms with Crippen LogP contribution in [0.2, 0.25) is 0 Å². The molecule has 0 saturated carbocycles. The Balaban J connectivity index is 1.73. The number of ether oxygens (including phenoxy) is 1. The fourth-order valence-corrected chi connectivity index (χ4v) is 3.68. The van der Waals surface area contributed by atoms with Crippen LogP contribution in [0.25, 0.3) is 21.1 Å². The smallest absolute Gasteiger partial charge is 0.258 e. The van der Waals surface area contributed by atoms with Crippen LogP contribution in [-0.4, -0.2) is 23.0 Å². The van der Waals surface area contributed by atoms with E-state index in [1.54, 1.807) is 13.2 Å². The number of nitrogens with zero attached hydrogens (tertiary/aromatic N) is 2. The van der Waals surface area contributed by atoms with Crippen LogP contribution in [0, 0.1) is 6.92 Å². The number of methoxy groups -OCH3 is 1. The number of thiazole rings is 1. The molecular formula is C19H15N3O2S. The van der Waals surface area contributed by atoms with Gasteiger partial charge in [-0.05, 0) is 31.2 Å². The zero-order valence-corrected chi connectivity index (χ0v) is 14.6. The van der Waals surface area contributed by atoms with Crippen molar-refractivity contribution in [2.75, 3.05) is 12.4 Å². The Morgan fingerprint density at radius 1 is 1.12 bits per heavy atom. The molecule has 0 fully saturated rings. The lowest BCUT2D eigenvalue weighted by Gasteiger charge is -2.07. The zero-order valence-electron chi connectivity index (χ0n) is 13.7. The Labute approximate surface area is 148 Å². The molecular weight excluding hydrogens is 334 g/mol. The second-order valence-corrected chi connectivity index (χ2v) is 6.64. The van der Waals surface area contributed by atoms with E-state index >= 15 is 0 Å². The van der Waals surface area contributed by atoms with Crippen molar-refractivity contribution in [2.24, 2.45) is 0 Å². The third-order valence-electron chi connectivity index (χ3n) is 3.91. The first-order chi connectivity index (χ1) is 12.2. The molecule has 0 bridgehead atoms. The molecule has 0 aliphatic heterocycles. The SMILES string of the molecule is COc1cccc2sc(NC(=O)c3cc(C)nc4ccccc34)nc12. The second kappa shape index (κ2) is 6.14. The quantitative estimate of drug-likeness (QED) is 0.595. The molecule has 2 aromatic carbocycles. The van der Waals surface area contributed by atoms with Crippen molar-refractivity contribution in [1.82, 2.24) is 9.97 Å². The molecule has 0 atom stereocenters. The monoisotopic (exact) mass is 349 g/mol. The summed E-state index contributed by atoms with van der Waals surface area (Å²) in [5.74, 6) is 0.499. The maximum atomic E-state index is 12.8. The van der Waals surface area contributed by atoms with E-state index in [2.05, 4.69) is 15.3 Å². The number of hydrogen-bond acceptors (Lipinski definition) is 5. The van der Waals surface area contributed by atoms with Gasteiger partial charge in [-0.15, -0.1) is 0 Å². The van der Waals surface area contributed by atoms with Crippen molar-refractivity contribution in [3.8, 4) is 5.75 Å². The number of fused-ring (bicyclic) bond motifs is 2. The van der Waals surface area contributed by atoms with Crippen LogP contribution in [-0.2, 0) is 0 Å². The molecule has 0 radical (unpaired) electrons. The first-order valence-corrected chi connectivity index (χ1v) is 8.58. The maximum absolute atomic E-state index is 12.8. The van der Waals surface area contributed by atoms with E-state index in [0.717, 1.165) is 26.8 Å². The lowest BCUT2D eigenvalue weighted by atomic mass is 10.1. The number of aryl methyl sites for hydroxylation is 1. The van der Waals surface area contributed by atoms with Gasteiger partial charge in [0.25, 0.3) is 5.91 Å². The summed E-state index contributed by atoms with van der Waals surface area (Å²) in [6.45, 7) is 1.88. The normalized spacial score (nSPS) is 11.0. The van der Waals surface area contributed by atoms with Crippen LogP contribution in [0.1, 0.15) is 16.1 Å². The molecule has 0 saturated heterocycles. The van der Waals surface area contributed by atoms with Gasteiger partial charge in [-0.1, -0.05) is 35.6 Å². The summed E-state index contributed by atoms with van der Waals surface area (Å²) in [5, 5.41) is 4.27. The Bertz CT molecular complexity index is 1100. The standard InChI is InChI=1S/C19H15N3O2S/c1-11-10-13(12-6-3-4-7-14(12)20-11)18(23)22-19-21-17-15(24-2)8-5-9-16(17)25-19/h3-10H,1-2H3,(H,21,22,23). The Hall–Kier alpha value is -2.99. The summed E-state index contributed by atoms with van der Waals surface area (Å²) in [5.41, 5.74) is 2.95. The number of hydrogen-bond donors (Lipinski definition) is 1. The van der Waals surface area contributed by atoms with Crippen LogP contribution in [0.5, 0.6) is 5.75 Å². The number of amides is 1. The molecule has 4 aromatic rings. The molecule has 1 amide bonds. The summed E-state index contributed by atoms with van der Waals surface area (Å²) in [4.78, 5) is 21.8. The van der Waals surface area contributed by atoms with Crippen molar-refractivity contribution in [2.45, 2.75) is 6.92 Å². The number of carbonyl (C=O) groups is 1. The van der Waals surface area contributed by atoms with Crippen molar-refractivity contribution in [3.05, 3.63) is 59.8 Å². The summed E-state index contributed by atoms with van der Waals surface area (Å²) < 4.78 is 6.29. The highest BCUT2D eigenvalue weighted by Crippen LogP contribution is 2.32. The van der Waals surface area contributed by atoms with Crippen molar-refractivity contribution in [3.63, 3.8) is 0 Å². The predicted molar refractivity (Wildman–Crippen MR) is 101 cm³/mol. The Kier molecular flexibility index (Phi) is 3.82. The molecule has 124 valence electrons. The molecule has 0 unspecified atom stereocenters. The topological polar surface area (TPSA) is 64.1 Å². The molecule has 4 rings (SSSR count). The van der Waals surface area contributed by atoms with Gasteiger partial charge >= 0.3 is 0 Å². The van der Waals surface area contributed by atoms with E-state index in [0.29, 0.717) is 16.4 Å². The second-order valence-electron chi connectivity index (χ2n) is 5.61. The number of aromatic nitrogens is 2. The number of nitrogens with one attached hydrogen (secondary N) is 1. The summed E-state index contributed by atoms with van der Waals surface area (Å²) >= 11 is 1.42. The van der Waals surface area contributed by atoms with Gasteiger partial charge < -0.3 is 4.74 Å². The first-order valence-electron chi connectivity index (χ1n) is 7.77. The minimum Gasteiger partial charge on any atom is -0.494 e. The third kappa shape index (κ3) is 2.81. The lowest BCUT2D eigenvalue weighted by molar-refractivity contribution is 0.102. The Morgan fingerprint density at radius 3 is 2.80 bits per heavy atom.